The molecule has 0 bridgehead atoms. The second-order valence-electron chi connectivity index (χ2n) is 4.58. The monoisotopic (exact) mass is 332 g/mol. The normalized spacial score (nSPS) is 11.0. The third kappa shape index (κ3) is 4.88. The van der Waals surface area contributed by atoms with Crippen molar-refractivity contribution in [3.63, 3.8) is 0 Å². The lowest BCUT2D eigenvalue weighted by molar-refractivity contribution is -0.112. The van der Waals surface area contributed by atoms with Crippen molar-refractivity contribution >= 4 is 17.7 Å². The molecule has 24 heavy (non-hydrogen) atoms. The number of hydrogen-bond acceptors (Lipinski definition) is 3. The standard InChI is InChI=1S/C17H11F3N2O2/c18-13-3-5-14(6-4-13)22-16(23)12(10-21)9-11-1-7-15(8-2-11)24-17(19)20/h1-9,17H,(H,22,23)/b12-9+. The van der Waals surface area contributed by atoms with Crippen molar-refractivity contribution in [2.24, 2.45) is 0 Å². The third-order valence-corrected chi connectivity index (χ3v) is 2.88. The van der Waals surface area contributed by atoms with Crippen LogP contribution in [0.3, 0.4) is 0 Å². The topological polar surface area (TPSA) is 62.1 Å². The summed E-state index contributed by atoms with van der Waals surface area (Å²) in [5.41, 5.74) is 0.604. The number of carbonyl (C=O) groups is 1. The highest BCUT2D eigenvalue weighted by atomic mass is 19.3. The minimum absolute atomic E-state index is 0.0311. The zero-order chi connectivity index (χ0) is 17.5. The lowest BCUT2D eigenvalue weighted by Gasteiger charge is -2.05. The Bertz CT molecular complexity index is 779. The lowest BCUT2D eigenvalue weighted by Crippen LogP contribution is -2.13. The number of hydrogen-bond donors (Lipinski definition) is 1. The van der Waals surface area contributed by atoms with Gasteiger partial charge in [-0.05, 0) is 48.0 Å². The molecule has 0 saturated heterocycles. The molecule has 4 nitrogen and oxygen atoms in total. The molecule has 2 rings (SSSR count). The van der Waals surface area contributed by atoms with Crippen molar-refractivity contribution < 1.29 is 22.7 Å². The largest absolute Gasteiger partial charge is 0.435 e. The lowest BCUT2D eigenvalue weighted by atomic mass is 10.1. The number of anilines is 1. The summed E-state index contributed by atoms with van der Waals surface area (Å²) in [4.78, 5) is 12.0. The van der Waals surface area contributed by atoms with Crippen molar-refractivity contribution in [2.75, 3.05) is 5.32 Å². The van der Waals surface area contributed by atoms with Crippen LogP contribution in [-0.2, 0) is 4.79 Å². The minimum Gasteiger partial charge on any atom is -0.435 e. The van der Waals surface area contributed by atoms with Crippen LogP contribution >= 0.6 is 0 Å². The maximum absolute atomic E-state index is 12.8. The van der Waals surface area contributed by atoms with Gasteiger partial charge in [0.2, 0.25) is 0 Å². The Morgan fingerprint density at radius 2 is 1.75 bits per heavy atom. The summed E-state index contributed by atoms with van der Waals surface area (Å²) in [6.45, 7) is -2.93. The molecule has 0 atom stereocenters. The number of nitrogens with zero attached hydrogens (tertiary/aromatic N) is 1. The highest BCUT2D eigenvalue weighted by Crippen LogP contribution is 2.17. The Morgan fingerprint density at radius 1 is 1.12 bits per heavy atom. The quantitative estimate of drug-likeness (QED) is 0.665. The average molecular weight is 332 g/mol. The van der Waals surface area contributed by atoms with Gasteiger partial charge in [0.15, 0.2) is 0 Å². The number of nitrogens with one attached hydrogen (secondary N) is 1. The first-order valence-corrected chi connectivity index (χ1v) is 6.71. The van der Waals surface area contributed by atoms with E-state index in [-0.39, 0.29) is 11.3 Å². The van der Waals surface area contributed by atoms with E-state index in [1.54, 1.807) is 6.07 Å². The highest BCUT2D eigenvalue weighted by molar-refractivity contribution is 6.09. The van der Waals surface area contributed by atoms with E-state index in [0.29, 0.717) is 11.3 Å². The van der Waals surface area contributed by atoms with Gasteiger partial charge in [0, 0.05) is 5.69 Å². The number of nitriles is 1. The van der Waals surface area contributed by atoms with Crippen LogP contribution in [0, 0.1) is 17.1 Å². The zero-order valence-electron chi connectivity index (χ0n) is 12.2. The Balaban J connectivity index is 2.11. The van der Waals surface area contributed by atoms with E-state index in [9.17, 15) is 18.0 Å². The number of benzene rings is 2. The van der Waals surface area contributed by atoms with Crippen LogP contribution in [0.1, 0.15) is 5.56 Å². The molecule has 0 aliphatic heterocycles. The summed E-state index contributed by atoms with van der Waals surface area (Å²) in [5.74, 6) is -1.15. The number of ether oxygens (including phenoxy) is 1. The fourth-order valence-corrected chi connectivity index (χ4v) is 1.79. The molecule has 0 unspecified atom stereocenters. The van der Waals surface area contributed by atoms with Crippen molar-refractivity contribution in [3.8, 4) is 11.8 Å². The van der Waals surface area contributed by atoms with Crippen LogP contribution in [0.25, 0.3) is 6.08 Å². The summed E-state index contributed by atoms with van der Waals surface area (Å²) in [6, 6.07) is 12.3. The van der Waals surface area contributed by atoms with Gasteiger partial charge in [-0.3, -0.25) is 4.79 Å². The highest BCUT2D eigenvalue weighted by Gasteiger charge is 2.10. The smallest absolute Gasteiger partial charge is 0.387 e. The fourth-order valence-electron chi connectivity index (χ4n) is 1.79. The molecule has 1 N–H and O–H groups in total. The summed E-state index contributed by atoms with van der Waals surface area (Å²) in [5, 5.41) is 11.5. The molecule has 0 spiro atoms. The Kier molecular flexibility index (Phi) is 5.58. The average Bonchev–Trinajstić information content (AvgIpc) is 2.55. The van der Waals surface area contributed by atoms with Gasteiger partial charge in [-0.1, -0.05) is 12.1 Å². The van der Waals surface area contributed by atoms with Crippen LogP contribution in [0.15, 0.2) is 54.1 Å². The van der Waals surface area contributed by atoms with Gasteiger partial charge in [0.05, 0.1) is 0 Å². The second kappa shape index (κ2) is 7.83. The predicted octanol–water partition coefficient (Wildman–Crippen LogP) is 3.97. The fraction of sp³-hybridized carbons (Fsp3) is 0.0588. The Labute approximate surface area is 135 Å². The molecule has 0 saturated carbocycles. The SMILES string of the molecule is N#C/C(=C\c1ccc(OC(F)F)cc1)C(=O)Nc1ccc(F)cc1. The van der Waals surface area contributed by atoms with E-state index in [2.05, 4.69) is 10.1 Å². The van der Waals surface area contributed by atoms with Crippen molar-refractivity contribution in [3.05, 3.63) is 65.5 Å². The van der Waals surface area contributed by atoms with Gasteiger partial charge in [-0.15, -0.1) is 0 Å². The van der Waals surface area contributed by atoms with Crippen molar-refractivity contribution in [1.29, 1.82) is 5.26 Å². The maximum Gasteiger partial charge on any atom is 0.387 e. The number of alkyl halides is 2. The first-order chi connectivity index (χ1) is 11.5. The van der Waals surface area contributed by atoms with E-state index in [4.69, 9.17) is 5.26 Å². The Hall–Kier alpha value is -3.27. The molecule has 0 aliphatic rings. The van der Waals surface area contributed by atoms with Gasteiger partial charge in [-0.25, -0.2) is 4.39 Å². The van der Waals surface area contributed by atoms with E-state index >= 15 is 0 Å². The molecule has 0 radical (unpaired) electrons. The van der Waals surface area contributed by atoms with Crippen LogP contribution in [-0.4, -0.2) is 12.5 Å². The number of carbonyl (C=O) groups excluding carboxylic acids is 1. The molecule has 7 heteroatoms. The van der Waals surface area contributed by atoms with E-state index < -0.39 is 18.3 Å². The van der Waals surface area contributed by atoms with Crippen molar-refractivity contribution in [1.82, 2.24) is 0 Å². The molecule has 0 fully saturated rings. The van der Waals surface area contributed by atoms with E-state index in [1.165, 1.54) is 54.6 Å². The molecule has 2 aromatic carbocycles. The first-order valence-electron chi connectivity index (χ1n) is 6.71. The van der Waals surface area contributed by atoms with Crippen LogP contribution in [0.5, 0.6) is 5.75 Å². The molecule has 0 aromatic heterocycles. The van der Waals surface area contributed by atoms with Gasteiger partial charge >= 0.3 is 6.61 Å². The molecule has 0 aliphatic carbocycles. The molecular formula is C17H11F3N2O2. The molecule has 0 heterocycles. The molecule has 1 amide bonds. The predicted molar refractivity (Wildman–Crippen MR) is 81.7 cm³/mol. The van der Waals surface area contributed by atoms with Crippen LogP contribution in [0.4, 0.5) is 18.9 Å². The number of halogens is 3. The van der Waals surface area contributed by atoms with Gasteiger partial charge in [0.25, 0.3) is 5.91 Å². The molecule has 122 valence electrons. The first kappa shape index (κ1) is 17.1. The van der Waals surface area contributed by atoms with E-state index in [0.717, 1.165) is 0 Å². The number of amides is 1. The molecular weight excluding hydrogens is 321 g/mol. The summed E-state index contributed by atoms with van der Waals surface area (Å²) in [7, 11) is 0. The number of rotatable bonds is 5. The van der Waals surface area contributed by atoms with Crippen LogP contribution in [0.2, 0.25) is 0 Å². The summed E-state index contributed by atoms with van der Waals surface area (Å²) >= 11 is 0. The second-order valence-corrected chi connectivity index (χ2v) is 4.58. The van der Waals surface area contributed by atoms with Crippen LogP contribution < -0.4 is 10.1 Å². The van der Waals surface area contributed by atoms with Gasteiger partial charge in [0.1, 0.15) is 23.2 Å². The summed E-state index contributed by atoms with van der Waals surface area (Å²) < 4.78 is 41.2. The van der Waals surface area contributed by atoms with E-state index in [1.807, 2.05) is 0 Å². The Morgan fingerprint density at radius 3 is 2.29 bits per heavy atom. The third-order valence-electron chi connectivity index (χ3n) is 2.88. The van der Waals surface area contributed by atoms with Crippen molar-refractivity contribution in [2.45, 2.75) is 6.61 Å². The zero-order valence-corrected chi connectivity index (χ0v) is 12.2. The van der Waals surface area contributed by atoms with Gasteiger partial charge < -0.3 is 10.1 Å². The minimum atomic E-state index is -2.93. The summed E-state index contributed by atoms with van der Waals surface area (Å²) in [6.07, 6.45) is 1.30. The van der Waals surface area contributed by atoms with Gasteiger partial charge in [-0.2, -0.15) is 14.0 Å². The maximum atomic E-state index is 12.8. The molecule has 2 aromatic rings.